The molecule has 0 radical (unpaired) electrons. The lowest BCUT2D eigenvalue weighted by Crippen LogP contribution is -2.46. The SMILES string of the molecule is CCO[Si](CCC1CCC2O[C@H]2C1)(OCC)OCC. The molecular weight excluding hydrogens is 260 g/mol. The van der Waals surface area contributed by atoms with Gasteiger partial charge in [-0.2, -0.15) is 0 Å². The molecule has 0 aromatic carbocycles. The van der Waals surface area contributed by atoms with Crippen LogP contribution in [0, 0.1) is 5.92 Å². The topological polar surface area (TPSA) is 40.2 Å². The molecule has 2 rings (SSSR count). The average Bonchev–Trinajstić information content (AvgIpc) is 3.16. The number of fused-ring (bicyclic) bond motifs is 1. The second-order valence-corrected chi connectivity index (χ2v) is 8.14. The Bertz CT molecular complexity index is 257. The lowest BCUT2D eigenvalue weighted by molar-refractivity contribution is 0.0691. The molecule has 0 bridgehead atoms. The Balaban J connectivity index is 1.82. The summed E-state index contributed by atoms with van der Waals surface area (Å²) in [4.78, 5) is 0. The van der Waals surface area contributed by atoms with Crippen molar-refractivity contribution in [1.82, 2.24) is 0 Å². The van der Waals surface area contributed by atoms with E-state index in [2.05, 4.69) is 0 Å². The van der Waals surface area contributed by atoms with E-state index in [4.69, 9.17) is 18.0 Å². The van der Waals surface area contributed by atoms with Crippen molar-refractivity contribution in [3.8, 4) is 0 Å². The predicted octanol–water partition coefficient (Wildman–Crippen LogP) is 2.99. The molecular formula is C14H28O4Si. The van der Waals surface area contributed by atoms with Gasteiger partial charge in [-0.25, -0.2) is 0 Å². The van der Waals surface area contributed by atoms with Crippen LogP contribution in [0.5, 0.6) is 0 Å². The zero-order chi connectivity index (χ0) is 13.7. The van der Waals surface area contributed by atoms with E-state index in [9.17, 15) is 0 Å². The molecule has 3 atom stereocenters. The lowest BCUT2D eigenvalue weighted by Gasteiger charge is -2.30. The van der Waals surface area contributed by atoms with Crippen LogP contribution in [0.2, 0.25) is 6.04 Å². The maximum atomic E-state index is 5.90. The van der Waals surface area contributed by atoms with Crippen LogP contribution in [-0.4, -0.2) is 40.8 Å². The fraction of sp³-hybridized carbons (Fsp3) is 1.00. The maximum Gasteiger partial charge on any atom is 0.500 e. The third-order valence-electron chi connectivity index (χ3n) is 4.06. The van der Waals surface area contributed by atoms with Crippen LogP contribution in [-0.2, 0) is 18.0 Å². The highest BCUT2D eigenvalue weighted by Crippen LogP contribution is 2.41. The normalized spacial score (nSPS) is 30.2. The maximum absolute atomic E-state index is 5.90. The molecule has 4 nitrogen and oxygen atoms in total. The monoisotopic (exact) mass is 288 g/mol. The van der Waals surface area contributed by atoms with Crippen molar-refractivity contribution < 1.29 is 18.0 Å². The van der Waals surface area contributed by atoms with Crippen LogP contribution in [0.3, 0.4) is 0 Å². The van der Waals surface area contributed by atoms with Crippen molar-refractivity contribution >= 4 is 8.80 Å². The van der Waals surface area contributed by atoms with E-state index >= 15 is 0 Å². The summed E-state index contributed by atoms with van der Waals surface area (Å²) >= 11 is 0. The molecule has 1 aliphatic heterocycles. The Labute approximate surface area is 118 Å². The number of rotatable bonds is 9. The molecule has 0 aromatic rings. The molecule has 0 amide bonds. The number of hydrogen-bond acceptors (Lipinski definition) is 4. The van der Waals surface area contributed by atoms with Gasteiger partial charge in [-0.1, -0.05) is 0 Å². The third kappa shape index (κ3) is 4.26. The van der Waals surface area contributed by atoms with Gasteiger partial charge in [0, 0.05) is 25.9 Å². The highest BCUT2D eigenvalue weighted by Gasteiger charge is 2.46. The fourth-order valence-corrected chi connectivity index (χ4v) is 5.90. The van der Waals surface area contributed by atoms with Crippen molar-refractivity contribution in [2.75, 3.05) is 19.8 Å². The van der Waals surface area contributed by atoms with Gasteiger partial charge in [0.05, 0.1) is 12.2 Å². The van der Waals surface area contributed by atoms with E-state index in [0.717, 1.165) is 18.4 Å². The van der Waals surface area contributed by atoms with E-state index in [1.54, 1.807) is 0 Å². The second kappa shape index (κ2) is 7.18. The van der Waals surface area contributed by atoms with Crippen molar-refractivity contribution in [2.24, 2.45) is 5.92 Å². The summed E-state index contributed by atoms with van der Waals surface area (Å²) in [5.41, 5.74) is 0. The van der Waals surface area contributed by atoms with Gasteiger partial charge in [0.15, 0.2) is 0 Å². The molecule has 5 heteroatoms. The van der Waals surface area contributed by atoms with Gasteiger partial charge in [0.2, 0.25) is 0 Å². The standard InChI is InChI=1S/C14H28O4Si/c1-4-15-19(16-5-2,17-6-3)10-9-12-7-8-13-14(11-12)18-13/h12-14H,4-11H2,1-3H3/t12?,13?,14-/m0/s1. The highest BCUT2D eigenvalue weighted by atomic mass is 28.4. The van der Waals surface area contributed by atoms with E-state index in [0.29, 0.717) is 32.0 Å². The van der Waals surface area contributed by atoms with Gasteiger partial charge >= 0.3 is 8.80 Å². The summed E-state index contributed by atoms with van der Waals surface area (Å²) < 4.78 is 23.3. The fourth-order valence-electron chi connectivity index (χ4n) is 3.13. The van der Waals surface area contributed by atoms with Gasteiger partial charge in [0.1, 0.15) is 0 Å². The molecule has 0 aromatic heterocycles. The van der Waals surface area contributed by atoms with Gasteiger partial charge in [-0.15, -0.1) is 0 Å². The first kappa shape index (κ1) is 15.4. The van der Waals surface area contributed by atoms with E-state index in [1.165, 1.54) is 19.3 Å². The highest BCUT2D eigenvalue weighted by molar-refractivity contribution is 6.60. The largest absolute Gasteiger partial charge is 0.500 e. The molecule has 19 heavy (non-hydrogen) atoms. The molecule has 1 saturated heterocycles. The molecule has 0 N–H and O–H groups in total. The average molecular weight is 288 g/mol. The van der Waals surface area contributed by atoms with Crippen LogP contribution < -0.4 is 0 Å². The molecule has 1 saturated carbocycles. The van der Waals surface area contributed by atoms with Gasteiger partial charge < -0.3 is 18.0 Å². The minimum Gasteiger partial charge on any atom is -0.374 e. The van der Waals surface area contributed by atoms with Crippen molar-refractivity contribution in [3.05, 3.63) is 0 Å². The first-order valence-corrected chi connectivity index (χ1v) is 9.73. The quantitative estimate of drug-likeness (QED) is 0.483. The van der Waals surface area contributed by atoms with E-state index in [1.807, 2.05) is 20.8 Å². The van der Waals surface area contributed by atoms with Crippen LogP contribution in [0.25, 0.3) is 0 Å². The molecule has 112 valence electrons. The minimum absolute atomic E-state index is 0.557. The summed E-state index contributed by atoms with van der Waals surface area (Å²) in [6.07, 6.45) is 6.04. The summed E-state index contributed by atoms with van der Waals surface area (Å²) in [6.45, 7) is 8.06. The van der Waals surface area contributed by atoms with Crippen LogP contribution in [0.1, 0.15) is 46.5 Å². The van der Waals surface area contributed by atoms with Gasteiger partial charge in [0.25, 0.3) is 0 Å². The molecule has 2 aliphatic rings. The number of epoxide rings is 1. The smallest absolute Gasteiger partial charge is 0.374 e. The summed E-state index contributed by atoms with van der Waals surface area (Å²) in [7, 11) is -2.43. The molecule has 1 heterocycles. The van der Waals surface area contributed by atoms with Crippen molar-refractivity contribution in [2.45, 2.75) is 64.7 Å². The predicted molar refractivity (Wildman–Crippen MR) is 76.1 cm³/mol. The zero-order valence-corrected chi connectivity index (χ0v) is 13.5. The Morgan fingerprint density at radius 2 is 1.58 bits per heavy atom. The zero-order valence-electron chi connectivity index (χ0n) is 12.5. The van der Waals surface area contributed by atoms with Gasteiger partial charge in [-0.05, 0) is 52.4 Å². The summed E-state index contributed by atoms with van der Waals surface area (Å²) in [5.74, 6) is 0.761. The van der Waals surface area contributed by atoms with Crippen LogP contribution >= 0.6 is 0 Å². The Morgan fingerprint density at radius 3 is 2.11 bits per heavy atom. The Morgan fingerprint density at radius 1 is 0.947 bits per heavy atom. The summed E-state index contributed by atoms with van der Waals surface area (Å²) in [5, 5.41) is 0. The minimum atomic E-state index is -2.43. The number of hydrogen-bond donors (Lipinski definition) is 0. The van der Waals surface area contributed by atoms with Crippen molar-refractivity contribution in [1.29, 1.82) is 0 Å². The van der Waals surface area contributed by atoms with Gasteiger partial charge in [-0.3, -0.25) is 0 Å². The summed E-state index contributed by atoms with van der Waals surface area (Å²) in [6, 6.07) is 0.949. The van der Waals surface area contributed by atoms with Crippen LogP contribution in [0.15, 0.2) is 0 Å². The van der Waals surface area contributed by atoms with E-state index < -0.39 is 8.80 Å². The first-order chi connectivity index (χ1) is 9.23. The van der Waals surface area contributed by atoms with Crippen molar-refractivity contribution in [3.63, 3.8) is 0 Å². The molecule has 0 spiro atoms. The third-order valence-corrected chi connectivity index (χ3v) is 7.15. The number of ether oxygens (including phenoxy) is 1. The lowest BCUT2D eigenvalue weighted by atomic mass is 9.88. The Hall–Kier alpha value is 0.0569. The van der Waals surface area contributed by atoms with E-state index in [-0.39, 0.29) is 0 Å². The second-order valence-electron chi connectivity index (χ2n) is 5.41. The molecule has 2 unspecified atom stereocenters. The molecule has 1 aliphatic carbocycles. The molecule has 2 fully saturated rings. The first-order valence-electron chi connectivity index (χ1n) is 7.80. The Kier molecular flexibility index (Phi) is 5.83. The van der Waals surface area contributed by atoms with Crippen LogP contribution in [0.4, 0.5) is 0 Å².